The molecule has 4 nitrogen and oxygen atoms in total. The van der Waals surface area contributed by atoms with E-state index in [-0.39, 0.29) is 5.75 Å². The molecule has 0 aliphatic carbocycles. The molecule has 1 atom stereocenters. The van der Waals surface area contributed by atoms with Crippen LogP contribution in [0.2, 0.25) is 0 Å². The van der Waals surface area contributed by atoms with Crippen molar-refractivity contribution in [2.45, 2.75) is 24.3 Å². The average Bonchev–Trinajstić information content (AvgIpc) is 2.38. The molecule has 1 unspecified atom stereocenters. The highest BCUT2D eigenvalue weighted by atomic mass is 32.2. The molecule has 1 aromatic carbocycles. The lowest BCUT2D eigenvalue weighted by Crippen LogP contribution is -2.37. The van der Waals surface area contributed by atoms with Crippen molar-refractivity contribution < 1.29 is 14.1 Å². The fraction of sp³-hybridized carbons (Fsp3) is 0.286. The van der Waals surface area contributed by atoms with Gasteiger partial charge in [-0.2, -0.15) is 0 Å². The van der Waals surface area contributed by atoms with Gasteiger partial charge in [-0.25, -0.2) is 0 Å². The molecular formula is C14H15NO3S. The van der Waals surface area contributed by atoms with E-state index in [4.69, 9.17) is 5.11 Å². The smallest absolute Gasteiger partial charge is 0.321 e. The highest BCUT2D eigenvalue weighted by Crippen LogP contribution is 2.20. The van der Waals surface area contributed by atoms with Gasteiger partial charge in [0.1, 0.15) is 4.75 Å². The second-order valence-electron chi connectivity index (χ2n) is 4.84. The predicted octanol–water partition coefficient (Wildman–Crippen LogP) is 2.35. The number of carbonyl (C=O) groups is 1. The van der Waals surface area contributed by atoms with Crippen LogP contribution >= 0.6 is 0 Å². The van der Waals surface area contributed by atoms with E-state index in [9.17, 15) is 9.00 Å². The second kappa shape index (κ2) is 5.09. The van der Waals surface area contributed by atoms with E-state index in [0.717, 1.165) is 16.5 Å². The molecule has 0 amide bonds. The third kappa shape index (κ3) is 2.81. The molecule has 0 radical (unpaired) electrons. The van der Waals surface area contributed by atoms with Gasteiger partial charge < -0.3 is 5.11 Å². The summed E-state index contributed by atoms with van der Waals surface area (Å²) in [6.45, 7) is 2.96. The van der Waals surface area contributed by atoms with Crippen LogP contribution in [-0.4, -0.2) is 25.0 Å². The standard InChI is InChI=1S/C14H15NO3S/c1-14(2,13(16)17)19(18)9-10-5-6-12-11(8-10)4-3-7-15-12/h3-8H,9H2,1-2H3,(H,16,17). The summed E-state index contributed by atoms with van der Waals surface area (Å²) in [5.41, 5.74) is 1.72. The van der Waals surface area contributed by atoms with Crippen LogP contribution in [0.15, 0.2) is 36.5 Å². The van der Waals surface area contributed by atoms with Gasteiger partial charge in [-0.15, -0.1) is 0 Å². The number of aromatic nitrogens is 1. The van der Waals surface area contributed by atoms with Gasteiger partial charge in [0.15, 0.2) is 0 Å². The molecule has 1 aromatic heterocycles. The zero-order chi connectivity index (χ0) is 14.0. The number of hydrogen-bond donors (Lipinski definition) is 1. The minimum absolute atomic E-state index is 0.226. The number of hydrogen-bond acceptors (Lipinski definition) is 3. The first kappa shape index (κ1) is 13.7. The molecule has 2 aromatic rings. The van der Waals surface area contributed by atoms with Crippen molar-refractivity contribution in [2.75, 3.05) is 0 Å². The lowest BCUT2D eigenvalue weighted by molar-refractivity contribution is -0.139. The van der Waals surface area contributed by atoms with Gasteiger partial charge in [0.05, 0.1) is 5.52 Å². The molecular weight excluding hydrogens is 262 g/mol. The molecule has 0 aliphatic heterocycles. The number of aliphatic carboxylic acids is 1. The number of carboxylic acids is 1. The molecule has 0 aliphatic rings. The Morgan fingerprint density at radius 1 is 1.37 bits per heavy atom. The molecule has 1 heterocycles. The predicted molar refractivity (Wildman–Crippen MR) is 75.3 cm³/mol. The van der Waals surface area contributed by atoms with Crippen molar-refractivity contribution in [2.24, 2.45) is 0 Å². The van der Waals surface area contributed by atoms with E-state index in [1.54, 1.807) is 6.20 Å². The third-order valence-electron chi connectivity index (χ3n) is 3.05. The first-order valence-corrected chi connectivity index (χ1v) is 7.18. The van der Waals surface area contributed by atoms with Crippen molar-refractivity contribution in [3.05, 3.63) is 42.1 Å². The molecule has 5 heteroatoms. The van der Waals surface area contributed by atoms with Crippen molar-refractivity contribution in [1.29, 1.82) is 0 Å². The summed E-state index contributed by atoms with van der Waals surface area (Å²) in [5.74, 6) is -0.822. The summed E-state index contributed by atoms with van der Waals surface area (Å²) < 4.78 is 10.9. The van der Waals surface area contributed by atoms with Crippen LogP contribution in [0.25, 0.3) is 10.9 Å². The molecule has 0 saturated heterocycles. The number of pyridine rings is 1. The third-order valence-corrected chi connectivity index (χ3v) is 4.96. The van der Waals surface area contributed by atoms with E-state index in [1.807, 2.05) is 30.3 Å². The van der Waals surface area contributed by atoms with Crippen LogP contribution in [0.4, 0.5) is 0 Å². The molecule has 100 valence electrons. The normalized spacial score (nSPS) is 13.4. The van der Waals surface area contributed by atoms with Gasteiger partial charge in [-0.1, -0.05) is 12.1 Å². The van der Waals surface area contributed by atoms with E-state index in [2.05, 4.69) is 4.98 Å². The summed E-state index contributed by atoms with van der Waals surface area (Å²) in [4.78, 5) is 15.3. The maximum atomic E-state index is 12.1. The van der Waals surface area contributed by atoms with Crippen LogP contribution < -0.4 is 0 Å². The summed E-state index contributed by atoms with van der Waals surface area (Å²) in [5, 5.41) is 10.0. The second-order valence-corrected chi connectivity index (χ2v) is 6.84. The summed E-state index contributed by atoms with van der Waals surface area (Å²) >= 11 is 0. The average molecular weight is 277 g/mol. The van der Waals surface area contributed by atoms with Crippen LogP contribution in [0.1, 0.15) is 19.4 Å². The molecule has 0 bridgehead atoms. The molecule has 0 fully saturated rings. The SMILES string of the molecule is CC(C)(C(=O)O)S(=O)Cc1ccc2ncccc2c1. The quantitative estimate of drug-likeness (QED) is 0.931. The van der Waals surface area contributed by atoms with Gasteiger partial charge in [0.2, 0.25) is 0 Å². The molecule has 1 N–H and O–H groups in total. The zero-order valence-corrected chi connectivity index (χ0v) is 11.6. The molecule has 2 rings (SSSR count). The van der Waals surface area contributed by atoms with E-state index in [1.165, 1.54) is 13.8 Å². The lowest BCUT2D eigenvalue weighted by Gasteiger charge is -2.18. The Bertz CT molecular complexity index is 652. The highest BCUT2D eigenvalue weighted by molar-refractivity contribution is 7.86. The van der Waals surface area contributed by atoms with Crippen molar-refractivity contribution >= 4 is 27.7 Å². The Balaban J connectivity index is 2.27. The number of benzene rings is 1. The van der Waals surface area contributed by atoms with Crippen LogP contribution in [0.5, 0.6) is 0 Å². The number of rotatable bonds is 4. The first-order chi connectivity index (χ1) is 8.91. The molecule has 0 saturated carbocycles. The Morgan fingerprint density at radius 3 is 2.79 bits per heavy atom. The molecule has 0 spiro atoms. The van der Waals surface area contributed by atoms with E-state index in [0.29, 0.717) is 0 Å². The summed E-state index contributed by atoms with van der Waals surface area (Å²) in [6, 6.07) is 9.36. The van der Waals surface area contributed by atoms with Gasteiger partial charge in [0, 0.05) is 28.1 Å². The van der Waals surface area contributed by atoms with Gasteiger partial charge in [-0.3, -0.25) is 14.0 Å². The Labute approximate surface area is 113 Å². The Morgan fingerprint density at radius 2 is 2.11 bits per heavy atom. The van der Waals surface area contributed by atoms with Gasteiger partial charge >= 0.3 is 5.97 Å². The summed E-state index contributed by atoms with van der Waals surface area (Å²) in [6.07, 6.45) is 1.72. The number of carboxylic acid groups (broad SMARTS) is 1. The topological polar surface area (TPSA) is 67.3 Å². The van der Waals surface area contributed by atoms with Crippen molar-refractivity contribution in [3.63, 3.8) is 0 Å². The Hall–Kier alpha value is -1.75. The minimum atomic E-state index is -1.47. The van der Waals surface area contributed by atoms with Crippen molar-refractivity contribution in [1.82, 2.24) is 4.98 Å². The fourth-order valence-corrected chi connectivity index (χ4v) is 2.68. The minimum Gasteiger partial charge on any atom is -0.480 e. The molecule has 19 heavy (non-hydrogen) atoms. The maximum absolute atomic E-state index is 12.1. The maximum Gasteiger partial charge on any atom is 0.321 e. The lowest BCUT2D eigenvalue weighted by atomic mass is 10.1. The van der Waals surface area contributed by atoms with E-state index >= 15 is 0 Å². The van der Waals surface area contributed by atoms with Crippen LogP contribution in [0, 0.1) is 0 Å². The van der Waals surface area contributed by atoms with E-state index < -0.39 is 21.5 Å². The highest BCUT2D eigenvalue weighted by Gasteiger charge is 2.34. The van der Waals surface area contributed by atoms with Crippen molar-refractivity contribution in [3.8, 4) is 0 Å². The first-order valence-electron chi connectivity index (χ1n) is 5.87. The summed E-state index contributed by atoms with van der Waals surface area (Å²) in [7, 11) is -1.47. The largest absolute Gasteiger partial charge is 0.480 e. The monoisotopic (exact) mass is 277 g/mol. The van der Waals surface area contributed by atoms with Gasteiger partial charge in [0.25, 0.3) is 0 Å². The van der Waals surface area contributed by atoms with Crippen LogP contribution in [0.3, 0.4) is 0 Å². The fourth-order valence-electron chi connectivity index (χ4n) is 1.64. The number of nitrogens with zero attached hydrogens (tertiary/aromatic N) is 1. The Kier molecular flexibility index (Phi) is 3.66. The zero-order valence-electron chi connectivity index (χ0n) is 10.8. The van der Waals surface area contributed by atoms with Gasteiger partial charge in [-0.05, 0) is 37.6 Å². The van der Waals surface area contributed by atoms with Crippen LogP contribution in [-0.2, 0) is 21.3 Å². The number of fused-ring (bicyclic) bond motifs is 1.